The van der Waals surface area contributed by atoms with E-state index in [0.29, 0.717) is 25.2 Å². The van der Waals surface area contributed by atoms with Crippen molar-refractivity contribution < 1.29 is 9.59 Å². The molecule has 2 heterocycles. The van der Waals surface area contributed by atoms with E-state index < -0.39 is 6.03 Å². The van der Waals surface area contributed by atoms with Crippen molar-refractivity contribution in [3.05, 3.63) is 0 Å². The molecule has 0 aliphatic carbocycles. The summed E-state index contributed by atoms with van der Waals surface area (Å²) in [6.07, 6.45) is 1.71. The van der Waals surface area contributed by atoms with Gasteiger partial charge in [0.25, 0.3) is 0 Å². The largest absolute Gasteiger partial charge is 0.351 e. The molecule has 6 nitrogen and oxygen atoms in total. The molecule has 0 radical (unpaired) electrons. The molecule has 2 aliphatic heterocycles. The zero-order valence-corrected chi connectivity index (χ0v) is 11.8. The van der Waals surface area contributed by atoms with Crippen LogP contribution in [0.5, 0.6) is 0 Å². The van der Waals surface area contributed by atoms with Crippen molar-refractivity contribution in [1.82, 2.24) is 15.1 Å². The molecule has 0 aromatic carbocycles. The summed E-state index contributed by atoms with van der Waals surface area (Å²) in [7, 11) is 0. The Labute approximate surface area is 114 Å². The molecule has 0 aromatic rings. The van der Waals surface area contributed by atoms with Crippen LogP contribution in [0.15, 0.2) is 0 Å². The minimum Gasteiger partial charge on any atom is -0.351 e. The van der Waals surface area contributed by atoms with Crippen molar-refractivity contribution in [3.8, 4) is 0 Å². The van der Waals surface area contributed by atoms with Crippen LogP contribution in [0.1, 0.15) is 26.7 Å². The van der Waals surface area contributed by atoms with Gasteiger partial charge in [0.1, 0.15) is 0 Å². The van der Waals surface area contributed by atoms with Gasteiger partial charge in [0, 0.05) is 38.3 Å². The van der Waals surface area contributed by atoms with Crippen LogP contribution >= 0.6 is 0 Å². The molecule has 0 saturated carbocycles. The lowest BCUT2D eigenvalue weighted by Crippen LogP contribution is -2.58. The number of carbonyl (C=O) groups is 2. The molecule has 6 heteroatoms. The molecule has 0 unspecified atom stereocenters. The molecule has 0 spiro atoms. The van der Waals surface area contributed by atoms with Crippen LogP contribution in [-0.2, 0) is 4.79 Å². The normalized spacial score (nSPS) is 32.2. The van der Waals surface area contributed by atoms with Crippen LogP contribution in [0.3, 0.4) is 0 Å². The Morgan fingerprint density at radius 3 is 2.32 bits per heavy atom. The molecule has 19 heavy (non-hydrogen) atoms. The minimum atomic E-state index is -0.417. The van der Waals surface area contributed by atoms with E-state index in [1.807, 2.05) is 4.90 Å². The maximum absolute atomic E-state index is 12.5. The highest BCUT2D eigenvalue weighted by Crippen LogP contribution is 2.20. The average molecular weight is 268 g/mol. The standard InChI is InChI=1S/C13H24N4O2/c1-9-6-17(7-10(2)15-9)12(18)11-4-3-5-16(8-11)13(14)19/h9-11,15H,3-8H2,1-2H3,(H2,14,19)/t9-,10-,11+/m1/s1. The van der Waals surface area contributed by atoms with Gasteiger partial charge in [-0.15, -0.1) is 0 Å². The van der Waals surface area contributed by atoms with Gasteiger partial charge in [0.15, 0.2) is 0 Å². The number of nitrogens with zero attached hydrogens (tertiary/aromatic N) is 2. The van der Waals surface area contributed by atoms with Gasteiger partial charge >= 0.3 is 6.03 Å². The topological polar surface area (TPSA) is 78.7 Å². The number of likely N-dealkylation sites (tertiary alicyclic amines) is 1. The van der Waals surface area contributed by atoms with E-state index in [2.05, 4.69) is 19.2 Å². The quantitative estimate of drug-likeness (QED) is 0.702. The number of carbonyl (C=O) groups excluding carboxylic acids is 2. The number of piperidine rings is 1. The minimum absolute atomic E-state index is 0.0845. The number of urea groups is 1. The van der Waals surface area contributed by atoms with Crippen molar-refractivity contribution in [2.45, 2.75) is 38.8 Å². The summed E-state index contributed by atoms with van der Waals surface area (Å²) in [5, 5.41) is 3.42. The number of amides is 3. The van der Waals surface area contributed by atoms with E-state index >= 15 is 0 Å². The number of nitrogens with two attached hydrogens (primary N) is 1. The van der Waals surface area contributed by atoms with Crippen molar-refractivity contribution in [2.24, 2.45) is 11.7 Å². The Morgan fingerprint density at radius 1 is 1.11 bits per heavy atom. The summed E-state index contributed by atoms with van der Waals surface area (Å²) in [5.74, 6) is 0.0879. The number of piperazine rings is 1. The fourth-order valence-corrected chi connectivity index (χ4v) is 3.14. The molecule has 108 valence electrons. The van der Waals surface area contributed by atoms with Gasteiger partial charge in [-0.05, 0) is 26.7 Å². The summed E-state index contributed by atoms with van der Waals surface area (Å²) < 4.78 is 0. The predicted octanol–water partition coefficient (Wildman–Crippen LogP) is -0.0141. The number of hydrogen-bond acceptors (Lipinski definition) is 3. The third kappa shape index (κ3) is 3.37. The fraction of sp³-hybridized carbons (Fsp3) is 0.846. The Hall–Kier alpha value is -1.30. The van der Waals surface area contributed by atoms with Crippen molar-refractivity contribution in [2.75, 3.05) is 26.2 Å². The molecular formula is C13H24N4O2. The summed E-state index contributed by atoms with van der Waals surface area (Å²) in [4.78, 5) is 27.3. The number of hydrogen-bond donors (Lipinski definition) is 2. The number of nitrogens with one attached hydrogen (secondary N) is 1. The molecule has 3 N–H and O–H groups in total. The van der Waals surface area contributed by atoms with Crippen molar-refractivity contribution in [1.29, 1.82) is 0 Å². The average Bonchev–Trinajstić information content (AvgIpc) is 2.37. The maximum Gasteiger partial charge on any atom is 0.314 e. The zero-order valence-electron chi connectivity index (χ0n) is 11.8. The third-order valence-electron chi connectivity index (χ3n) is 3.95. The van der Waals surface area contributed by atoms with Gasteiger partial charge in [-0.2, -0.15) is 0 Å². The molecule has 3 amide bonds. The molecular weight excluding hydrogens is 244 g/mol. The summed E-state index contributed by atoms with van der Waals surface area (Å²) in [6, 6.07) is 0.228. The first-order valence-corrected chi connectivity index (χ1v) is 7.06. The van der Waals surface area contributed by atoms with Gasteiger partial charge in [0.2, 0.25) is 5.91 Å². The lowest BCUT2D eigenvalue weighted by atomic mass is 9.95. The molecule has 2 aliphatic rings. The SMILES string of the molecule is C[C@@H]1CN(C(=O)[C@H]2CCCN(C(N)=O)C2)C[C@@H](C)N1. The first-order valence-electron chi connectivity index (χ1n) is 7.06. The smallest absolute Gasteiger partial charge is 0.314 e. The highest BCUT2D eigenvalue weighted by atomic mass is 16.2. The second-order valence-electron chi connectivity index (χ2n) is 5.84. The lowest BCUT2D eigenvalue weighted by molar-refractivity contribution is -0.138. The van der Waals surface area contributed by atoms with Crippen molar-refractivity contribution in [3.63, 3.8) is 0 Å². The van der Waals surface area contributed by atoms with Crippen LogP contribution in [-0.4, -0.2) is 60.0 Å². The maximum atomic E-state index is 12.5. The second kappa shape index (κ2) is 5.77. The predicted molar refractivity (Wildman–Crippen MR) is 72.5 cm³/mol. The molecule has 2 rings (SSSR count). The third-order valence-corrected chi connectivity index (χ3v) is 3.95. The summed E-state index contributed by atoms with van der Waals surface area (Å²) in [5.41, 5.74) is 5.30. The Kier molecular flexibility index (Phi) is 4.29. The van der Waals surface area contributed by atoms with Crippen LogP contribution in [0.4, 0.5) is 4.79 Å². The Bertz CT molecular complexity index is 351. The van der Waals surface area contributed by atoms with Crippen LogP contribution in [0.2, 0.25) is 0 Å². The van der Waals surface area contributed by atoms with Crippen LogP contribution in [0, 0.1) is 5.92 Å². The molecule has 3 atom stereocenters. The lowest BCUT2D eigenvalue weighted by Gasteiger charge is -2.39. The van der Waals surface area contributed by atoms with Gasteiger partial charge in [-0.3, -0.25) is 4.79 Å². The Balaban J connectivity index is 1.96. The molecule has 2 fully saturated rings. The zero-order chi connectivity index (χ0) is 14.0. The van der Waals surface area contributed by atoms with E-state index in [1.165, 1.54) is 0 Å². The number of primary amides is 1. The number of rotatable bonds is 1. The van der Waals surface area contributed by atoms with Gasteiger partial charge in [-0.1, -0.05) is 0 Å². The van der Waals surface area contributed by atoms with E-state index in [0.717, 1.165) is 25.9 Å². The van der Waals surface area contributed by atoms with E-state index in [1.54, 1.807) is 4.90 Å². The Morgan fingerprint density at radius 2 is 1.74 bits per heavy atom. The molecule has 0 aromatic heterocycles. The van der Waals surface area contributed by atoms with Gasteiger partial charge in [-0.25, -0.2) is 4.79 Å². The first-order chi connectivity index (χ1) is 8.97. The van der Waals surface area contributed by atoms with Crippen molar-refractivity contribution >= 4 is 11.9 Å². The molecule has 2 saturated heterocycles. The highest BCUT2D eigenvalue weighted by Gasteiger charge is 2.33. The summed E-state index contributed by atoms with van der Waals surface area (Å²) in [6.45, 7) is 6.82. The second-order valence-corrected chi connectivity index (χ2v) is 5.84. The van der Waals surface area contributed by atoms with E-state index in [-0.39, 0.29) is 11.8 Å². The van der Waals surface area contributed by atoms with Gasteiger partial charge in [0.05, 0.1) is 5.92 Å². The highest BCUT2D eigenvalue weighted by molar-refractivity contribution is 5.80. The first kappa shape index (κ1) is 14.1. The van der Waals surface area contributed by atoms with E-state index in [9.17, 15) is 9.59 Å². The van der Waals surface area contributed by atoms with Gasteiger partial charge < -0.3 is 20.9 Å². The monoisotopic (exact) mass is 268 g/mol. The summed E-state index contributed by atoms with van der Waals surface area (Å²) >= 11 is 0. The van der Waals surface area contributed by atoms with E-state index in [4.69, 9.17) is 5.73 Å². The van der Waals surface area contributed by atoms with Crippen LogP contribution in [0.25, 0.3) is 0 Å². The fourth-order valence-electron chi connectivity index (χ4n) is 3.14. The molecule has 0 bridgehead atoms. The van der Waals surface area contributed by atoms with Crippen LogP contribution < -0.4 is 11.1 Å².